The van der Waals surface area contributed by atoms with Crippen LogP contribution in [-0.4, -0.2) is 5.91 Å². The van der Waals surface area contributed by atoms with E-state index < -0.39 is 17.8 Å². The molecule has 0 aliphatic carbocycles. The molecule has 0 saturated heterocycles. The number of carbonyl (C=O) groups excluding carboxylic acids is 1. The zero-order chi connectivity index (χ0) is 14.5. The van der Waals surface area contributed by atoms with Gasteiger partial charge in [0.1, 0.15) is 11.9 Å². The highest BCUT2D eigenvalue weighted by Crippen LogP contribution is 2.15. The van der Waals surface area contributed by atoms with Crippen molar-refractivity contribution in [3.8, 4) is 6.07 Å². The number of aryl methyl sites for hydroxylation is 1. The maximum absolute atomic E-state index is 13.6. The summed E-state index contributed by atoms with van der Waals surface area (Å²) >= 11 is 0. The van der Waals surface area contributed by atoms with Gasteiger partial charge in [0.2, 0.25) is 0 Å². The van der Waals surface area contributed by atoms with Crippen LogP contribution in [0.3, 0.4) is 0 Å². The Morgan fingerprint density at radius 2 is 1.95 bits per heavy atom. The quantitative estimate of drug-likeness (QED) is 0.929. The molecule has 4 heteroatoms. The van der Waals surface area contributed by atoms with E-state index in [0.29, 0.717) is 5.56 Å². The zero-order valence-electron chi connectivity index (χ0n) is 10.9. The Kier molecular flexibility index (Phi) is 4.11. The zero-order valence-corrected chi connectivity index (χ0v) is 10.9. The van der Waals surface area contributed by atoms with Crippen molar-refractivity contribution in [2.75, 3.05) is 0 Å². The van der Waals surface area contributed by atoms with Gasteiger partial charge in [-0.25, -0.2) is 4.39 Å². The molecule has 1 N–H and O–H groups in total. The van der Waals surface area contributed by atoms with E-state index in [1.165, 1.54) is 12.1 Å². The van der Waals surface area contributed by atoms with Crippen molar-refractivity contribution in [2.45, 2.75) is 13.0 Å². The minimum absolute atomic E-state index is 0.0545. The van der Waals surface area contributed by atoms with Gasteiger partial charge < -0.3 is 5.32 Å². The van der Waals surface area contributed by atoms with Crippen LogP contribution in [0.25, 0.3) is 0 Å². The fourth-order valence-corrected chi connectivity index (χ4v) is 1.86. The lowest BCUT2D eigenvalue weighted by atomic mass is 10.1. The molecule has 2 aromatic carbocycles. The van der Waals surface area contributed by atoms with E-state index in [1.54, 1.807) is 37.3 Å². The van der Waals surface area contributed by atoms with E-state index in [1.807, 2.05) is 12.1 Å². The summed E-state index contributed by atoms with van der Waals surface area (Å²) in [5.41, 5.74) is 1.39. The van der Waals surface area contributed by atoms with Gasteiger partial charge in [-0.15, -0.1) is 0 Å². The van der Waals surface area contributed by atoms with Gasteiger partial charge in [-0.05, 0) is 24.6 Å². The number of nitrogens with zero attached hydrogens (tertiary/aromatic N) is 1. The molecule has 0 heterocycles. The smallest absolute Gasteiger partial charge is 0.255 e. The summed E-state index contributed by atoms with van der Waals surface area (Å²) in [5, 5.41) is 11.7. The van der Waals surface area contributed by atoms with Gasteiger partial charge in [0.15, 0.2) is 0 Å². The number of amides is 1. The molecule has 1 unspecified atom stereocenters. The van der Waals surface area contributed by atoms with E-state index in [4.69, 9.17) is 5.26 Å². The summed E-state index contributed by atoms with van der Waals surface area (Å²) in [4.78, 5) is 12.1. The van der Waals surface area contributed by atoms with Crippen LogP contribution in [0.15, 0.2) is 48.5 Å². The molecule has 1 amide bonds. The topological polar surface area (TPSA) is 52.9 Å². The molecule has 0 saturated carbocycles. The second-order valence-corrected chi connectivity index (χ2v) is 4.43. The standard InChI is InChI=1S/C16H13FN2O/c1-11-7-8-14(17)13(9-11)16(20)19-15(10-18)12-5-3-2-4-6-12/h2-9,15H,1H3,(H,19,20). The number of nitrogens with one attached hydrogen (secondary N) is 1. The Bertz CT molecular complexity index is 662. The maximum atomic E-state index is 13.6. The molecule has 0 aliphatic rings. The van der Waals surface area contributed by atoms with Crippen molar-refractivity contribution in [3.63, 3.8) is 0 Å². The summed E-state index contributed by atoms with van der Waals surface area (Å²) in [6.07, 6.45) is 0. The van der Waals surface area contributed by atoms with Gasteiger partial charge in [-0.1, -0.05) is 42.0 Å². The number of hydrogen-bond acceptors (Lipinski definition) is 2. The van der Waals surface area contributed by atoms with Crippen LogP contribution >= 0.6 is 0 Å². The molecule has 100 valence electrons. The first-order valence-electron chi connectivity index (χ1n) is 6.13. The summed E-state index contributed by atoms with van der Waals surface area (Å²) in [5.74, 6) is -1.19. The van der Waals surface area contributed by atoms with Crippen molar-refractivity contribution in [1.82, 2.24) is 5.32 Å². The first kappa shape index (κ1) is 13.8. The van der Waals surface area contributed by atoms with Gasteiger partial charge in [-0.3, -0.25) is 4.79 Å². The SMILES string of the molecule is Cc1ccc(F)c(C(=O)NC(C#N)c2ccccc2)c1. The molecule has 0 aromatic heterocycles. The molecular formula is C16H13FN2O. The number of hydrogen-bond donors (Lipinski definition) is 1. The molecule has 2 aromatic rings. The lowest BCUT2D eigenvalue weighted by Crippen LogP contribution is -2.28. The molecule has 2 rings (SSSR count). The predicted molar refractivity (Wildman–Crippen MR) is 73.4 cm³/mol. The van der Waals surface area contributed by atoms with E-state index >= 15 is 0 Å². The number of halogens is 1. The molecule has 1 atom stereocenters. The second kappa shape index (κ2) is 5.98. The van der Waals surface area contributed by atoms with E-state index in [0.717, 1.165) is 5.56 Å². The van der Waals surface area contributed by atoms with Crippen LogP contribution in [-0.2, 0) is 0 Å². The first-order chi connectivity index (χ1) is 9.61. The molecule has 3 nitrogen and oxygen atoms in total. The average molecular weight is 268 g/mol. The number of rotatable bonds is 3. The summed E-state index contributed by atoms with van der Waals surface area (Å²) < 4.78 is 13.6. The van der Waals surface area contributed by atoms with E-state index in [2.05, 4.69) is 5.32 Å². The third-order valence-electron chi connectivity index (χ3n) is 2.90. The Morgan fingerprint density at radius 3 is 2.60 bits per heavy atom. The van der Waals surface area contributed by atoms with Crippen LogP contribution in [0.2, 0.25) is 0 Å². The van der Waals surface area contributed by atoms with Crippen molar-refractivity contribution >= 4 is 5.91 Å². The molecule has 0 aliphatic heterocycles. The largest absolute Gasteiger partial charge is 0.332 e. The Morgan fingerprint density at radius 1 is 1.25 bits per heavy atom. The number of nitriles is 1. The Balaban J connectivity index is 2.22. The van der Waals surface area contributed by atoms with Crippen LogP contribution in [0.1, 0.15) is 27.5 Å². The number of carbonyl (C=O) groups is 1. The fraction of sp³-hybridized carbons (Fsp3) is 0.125. The monoisotopic (exact) mass is 268 g/mol. The maximum Gasteiger partial charge on any atom is 0.255 e. The molecule has 0 spiro atoms. The van der Waals surface area contributed by atoms with Gasteiger partial charge in [-0.2, -0.15) is 5.26 Å². The highest BCUT2D eigenvalue weighted by atomic mass is 19.1. The van der Waals surface area contributed by atoms with Crippen LogP contribution < -0.4 is 5.32 Å². The minimum Gasteiger partial charge on any atom is -0.332 e. The Labute approximate surface area is 116 Å². The Hall–Kier alpha value is -2.67. The fourth-order valence-electron chi connectivity index (χ4n) is 1.86. The van der Waals surface area contributed by atoms with Gasteiger partial charge in [0.05, 0.1) is 11.6 Å². The molecule has 0 radical (unpaired) electrons. The number of benzene rings is 2. The van der Waals surface area contributed by atoms with Crippen LogP contribution in [0, 0.1) is 24.1 Å². The van der Waals surface area contributed by atoms with E-state index in [-0.39, 0.29) is 5.56 Å². The first-order valence-corrected chi connectivity index (χ1v) is 6.13. The lowest BCUT2D eigenvalue weighted by molar-refractivity contribution is 0.0941. The third-order valence-corrected chi connectivity index (χ3v) is 2.90. The molecule has 20 heavy (non-hydrogen) atoms. The van der Waals surface area contributed by atoms with Crippen LogP contribution in [0.4, 0.5) is 4.39 Å². The molecular weight excluding hydrogens is 255 g/mol. The van der Waals surface area contributed by atoms with Crippen LogP contribution in [0.5, 0.6) is 0 Å². The lowest BCUT2D eigenvalue weighted by Gasteiger charge is -2.12. The average Bonchev–Trinajstić information content (AvgIpc) is 2.48. The second-order valence-electron chi connectivity index (χ2n) is 4.43. The summed E-state index contributed by atoms with van der Waals surface area (Å²) in [6.45, 7) is 1.77. The molecule has 0 fully saturated rings. The summed E-state index contributed by atoms with van der Waals surface area (Å²) in [7, 11) is 0. The molecule has 0 bridgehead atoms. The van der Waals surface area contributed by atoms with Gasteiger partial charge in [0.25, 0.3) is 5.91 Å². The van der Waals surface area contributed by atoms with Gasteiger partial charge in [0, 0.05) is 0 Å². The van der Waals surface area contributed by atoms with Crippen molar-refractivity contribution in [2.24, 2.45) is 0 Å². The highest BCUT2D eigenvalue weighted by molar-refractivity contribution is 5.95. The minimum atomic E-state index is -0.802. The van der Waals surface area contributed by atoms with E-state index in [9.17, 15) is 9.18 Å². The summed E-state index contributed by atoms with van der Waals surface area (Å²) in [6, 6.07) is 14.3. The third kappa shape index (κ3) is 3.01. The highest BCUT2D eigenvalue weighted by Gasteiger charge is 2.17. The normalized spacial score (nSPS) is 11.4. The predicted octanol–water partition coefficient (Wildman–Crippen LogP) is 3.13. The van der Waals surface area contributed by atoms with Gasteiger partial charge >= 0.3 is 0 Å². The van der Waals surface area contributed by atoms with Crippen molar-refractivity contribution < 1.29 is 9.18 Å². The van der Waals surface area contributed by atoms with Crippen molar-refractivity contribution in [3.05, 3.63) is 71.0 Å². The van der Waals surface area contributed by atoms with Crippen molar-refractivity contribution in [1.29, 1.82) is 5.26 Å².